The van der Waals surface area contributed by atoms with Crippen molar-refractivity contribution in [3.63, 3.8) is 0 Å². The third-order valence-corrected chi connectivity index (χ3v) is 4.53. The Morgan fingerprint density at radius 2 is 1.78 bits per heavy atom. The van der Waals surface area contributed by atoms with Crippen LogP contribution < -0.4 is 0 Å². The van der Waals surface area contributed by atoms with E-state index in [1.165, 1.54) is 6.92 Å². The number of hydrogen-bond donors (Lipinski definition) is 1. The van der Waals surface area contributed by atoms with Crippen molar-refractivity contribution in [3.05, 3.63) is 0 Å². The minimum absolute atomic E-state index is 0.0611. The summed E-state index contributed by atoms with van der Waals surface area (Å²) in [5, 5.41) is 9.43. The first kappa shape index (κ1) is 21.0. The molecule has 27 heavy (non-hydrogen) atoms. The second-order valence-electron chi connectivity index (χ2n) is 8.77. The van der Waals surface area contributed by atoms with E-state index in [2.05, 4.69) is 4.99 Å². The Hall–Kier alpha value is -2.32. The number of hydrogen-bond acceptors (Lipinski definition) is 4. The molecule has 1 N–H and O–H groups in total. The fourth-order valence-corrected chi connectivity index (χ4v) is 3.24. The van der Waals surface area contributed by atoms with Crippen molar-refractivity contribution in [1.82, 2.24) is 14.7 Å². The van der Waals surface area contributed by atoms with Crippen molar-refractivity contribution in [2.24, 2.45) is 10.4 Å². The number of carboxylic acids is 1. The van der Waals surface area contributed by atoms with Crippen LogP contribution in [0.25, 0.3) is 0 Å². The minimum atomic E-state index is -0.989. The summed E-state index contributed by atoms with van der Waals surface area (Å²) in [7, 11) is 0. The monoisotopic (exact) mass is 382 g/mol. The van der Waals surface area contributed by atoms with Crippen LogP contribution in [0.15, 0.2) is 4.99 Å². The summed E-state index contributed by atoms with van der Waals surface area (Å²) < 4.78 is 5.45. The fourth-order valence-electron chi connectivity index (χ4n) is 3.24. The predicted molar refractivity (Wildman–Crippen MR) is 99.4 cm³/mol. The van der Waals surface area contributed by atoms with Crippen LogP contribution in [-0.4, -0.2) is 88.1 Å². The van der Waals surface area contributed by atoms with Gasteiger partial charge >= 0.3 is 12.1 Å². The summed E-state index contributed by atoms with van der Waals surface area (Å²) in [6.45, 7) is 12.3. The van der Waals surface area contributed by atoms with Crippen LogP contribution in [0, 0.1) is 5.41 Å². The number of fused-ring (bicyclic) bond motifs is 1. The molecule has 2 aliphatic rings. The van der Waals surface area contributed by atoms with Gasteiger partial charge in [-0.05, 0) is 34.6 Å². The Kier molecular flexibility index (Phi) is 5.72. The van der Waals surface area contributed by atoms with Crippen LogP contribution in [0.4, 0.5) is 4.79 Å². The molecule has 0 saturated carbocycles. The minimum Gasteiger partial charge on any atom is -0.481 e. The molecule has 0 aliphatic carbocycles. The van der Waals surface area contributed by atoms with Gasteiger partial charge in [0, 0.05) is 39.6 Å². The summed E-state index contributed by atoms with van der Waals surface area (Å²) in [5.74, 6) is -0.756. The van der Waals surface area contributed by atoms with Gasteiger partial charge in [-0.15, -0.1) is 0 Å². The summed E-state index contributed by atoms with van der Waals surface area (Å²) in [5.41, 5.74) is -1.56. The van der Waals surface area contributed by atoms with E-state index in [4.69, 9.17) is 4.74 Å². The second kappa shape index (κ2) is 7.36. The van der Waals surface area contributed by atoms with E-state index in [9.17, 15) is 19.5 Å². The molecule has 0 spiro atoms. The van der Waals surface area contributed by atoms with Crippen molar-refractivity contribution in [3.8, 4) is 0 Å². The maximum Gasteiger partial charge on any atom is 0.410 e. The smallest absolute Gasteiger partial charge is 0.410 e. The highest BCUT2D eigenvalue weighted by molar-refractivity contribution is 5.94. The lowest BCUT2D eigenvalue weighted by Gasteiger charge is -2.38. The van der Waals surface area contributed by atoms with Crippen LogP contribution in [0.1, 0.15) is 41.5 Å². The zero-order chi connectivity index (χ0) is 20.6. The Balaban J connectivity index is 2.17. The zero-order valence-electron chi connectivity index (χ0n) is 17.0. The largest absolute Gasteiger partial charge is 0.481 e. The number of guanidine groups is 1. The quantitative estimate of drug-likeness (QED) is 0.783. The molecule has 2 amide bonds. The number of nitrogens with zero attached hydrogens (tertiary/aromatic N) is 4. The van der Waals surface area contributed by atoms with Gasteiger partial charge < -0.3 is 24.5 Å². The molecule has 152 valence electrons. The molecule has 2 aliphatic heterocycles. The average molecular weight is 382 g/mol. The first-order valence-electron chi connectivity index (χ1n) is 9.12. The number of amides is 2. The molecule has 2 rings (SSSR count). The highest BCUT2D eigenvalue weighted by atomic mass is 16.6. The van der Waals surface area contributed by atoms with Crippen molar-refractivity contribution in [1.29, 1.82) is 0 Å². The van der Waals surface area contributed by atoms with Gasteiger partial charge in [0.05, 0.1) is 11.5 Å². The topological polar surface area (TPSA) is 103 Å². The lowest BCUT2D eigenvalue weighted by molar-refractivity contribution is -0.147. The van der Waals surface area contributed by atoms with E-state index >= 15 is 0 Å². The van der Waals surface area contributed by atoms with Gasteiger partial charge in [-0.1, -0.05) is 0 Å². The molecule has 0 bridgehead atoms. The molecule has 1 unspecified atom stereocenters. The van der Waals surface area contributed by atoms with Gasteiger partial charge in [0.15, 0.2) is 0 Å². The third-order valence-electron chi connectivity index (χ3n) is 4.53. The number of piperazine rings is 1. The first-order valence-corrected chi connectivity index (χ1v) is 9.12. The van der Waals surface area contributed by atoms with Crippen LogP contribution in [-0.2, 0) is 14.3 Å². The Bertz CT molecular complexity index is 653. The van der Waals surface area contributed by atoms with Crippen LogP contribution in [0.2, 0.25) is 0 Å². The highest BCUT2D eigenvalue weighted by Gasteiger charge is 2.43. The van der Waals surface area contributed by atoms with Gasteiger partial charge in [0.1, 0.15) is 5.60 Å². The molecule has 2 saturated heterocycles. The number of ether oxygens (including phenoxy) is 1. The van der Waals surface area contributed by atoms with Gasteiger partial charge in [0.2, 0.25) is 11.9 Å². The normalized spacial score (nSPS) is 22.1. The highest BCUT2D eigenvalue weighted by Crippen LogP contribution is 2.26. The number of carbonyl (C=O) groups excluding carboxylic acids is 2. The summed E-state index contributed by atoms with van der Waals surface area (Å²) in [6.07, 6.45) is -0.364. The fraction of sp³-hybridized carbons (Fsp3) is 0.778. The van der Waals surface area contributed by atoms with Gasteiger partial charge in [-0.25, -0.2) is 4.79 Å². The van der Waals surface area contributed by atoms with E-state index in [-0.39, 0.29) is 24.6 Å². The van der Waals surface area contributed by atoms with E-state index in [0.717, 1.165) is 0 Å². The Morgan fingerprint density at radius 3 is 2.30 bits per heavy atom. The van der Waals surface area contributed by atoms with Crippen LogP contribution in [0.3, 0.4) is 0 Å². The Morgan fingerprint density at radius 1 is 1.15 bits per heavy atom. The van der Waals surface area contributed by atoms with E-state index < -0.39 is 17.0 Å². The molecule has 0 aromatic carbocycles. The standard InChI is InChI=1S/C18H30N4O5/c1-12(23)19-15-21(11-18(5,6)14(24)25)10-13-9-20(7-8-22(13)15)16(26)27-17(2,3)4/h13H,7-11H2,1-6H3,(H,24,25). The number of aliphatic carboxylic acids is 1. The first-order chi connectivity index (χ1) is 12.3. The lowest BCUT2D eigenvalue weighted by atomic mass is 9.93. The molecular formula is C18H30N4O5. The van der Waals surface area contributed by atoms with E-state index in [0.29, 0.717) is 32.1 Å². The SMILES string of the molecule is CC(=O)N=C1N(CC(C)(C)C(=O)O)CC2CN(C(=O)OC(C)(C)C)CCN12. The summed E-state index contributed by atoms with van der Waals surface area (Å²) in [4.78, 5) is 45.1. The molecule has 0 radical (unpaired) electrons. The summed E-state index contributed by atoms with van der Waals surface area (Å²) in [6, 6.07) is -0.0611. The van der Waals surface area contributed by atoms with Crippen molar-refractivity contribution in [2.45, 2.75) is 53.2 Å². The zero-order valence-corrected chi connectivity index (χ0v) is 17.0. The molecule has 9 heteroatoms. The van der Waals surface area contributed by atoms with Crippen molar-refractivity contribution in [2.75, 3.05) is 32.7 Å². The van der Waals surface area contributed by atoms with Crippen molar-refractivity contribution < 1.29 is 24.2 Å². The predicted octanol–water partition coefficient (Wildman–Crippen LogP) is 1.24. The second-order valence-corrected chi connectivity index (χ2v) is 8.77. The van der Waals surface area contributed by atoms with Crippen molar-refractivity contribution >= 4 is 23.9 Å². The molecule has 9 nitrogen and oxygen atoms in total. The maximum absolute atomic E-state index is 12.4. The Labute approximate surface area is 159 Å². The molecule has 2 fully saturated rings. The lowest BCUT2D eigenvalue weighted by Crippen LogP contribution is -2.55. The molecule has 2 heterocycles. The van der Waals surface area contributed by atoms with Gasteiger partial charge in [0.25, 0.3) is 0 Å². The van der Waals surface area contributed by atoms with Crippen LogP contribution >= 0.6 is 0 Å². The van der Waals surface area contributed by atoms with Gasteiger partial charge in [-0.3, -0.25) is 9.59 Å². The molecule has 1 atom stereocenters. The van der Waals surface area contributed by atoms with Gasteiger partial charge in [-0.2, -0.15) is 4.99 Å². The maximum atomic E-state index is 12.4. The van der Waals surface area contributed by atoms with E-state index in [1.54, 1.807) is 18.7 Å². The molecule has 0 aromatic rings. The number of carboxylic acid groups (broad SMARTS) is 1. The van der Waals surface area contributed by atoms with E-state index in [1.807, 2.05) is 30.6 Å². The number of carbonyl (C=O) groups is 3. The molecular weight excluding hydrogens is 352 g/mol. The average Bonchev–Trinajstić information content (AvgIpc) is 2.81. The number of aliphatic imine (C=N–C) groups is 1. The summed E-state index contributed by atoms with van der Waals surface area (Å²) >= 11 is 0. The third kappa shape index (κ3) is 5.11. The molecule has 0 aromatic heterocycles. The van der Waals surface area contributed by atoms with Crippen LogP contribution in [0.5, 0.6) is 0 Å². The number of rotatable bonds is 3.